The van der Waals surface area contributed by atoms with Crippen LogP contribution in [0, 0.1) is 0 Å². The smallest absolute Gasteiger partial charge is 0.0760 e. The van der Waals surface area contributed by atoms with Gasteiger partial charge in [0.05, 0.1) is 16.7 Å². The summed E-state index contributed by atoms with van der Waals surface area (Å²) < 4.78 is 0. The Hall–Kier alpha value is -1.58. The lowest BCUT2D eigenvalue weighted by atomic mass is 10.1. The molecule has 0 saturated heterocycles. The van der Waals surface area contributed by atoms with Crippen molar-refractivity contribution in [1.82, 2.24) is 15.2 Å². The molecular formula is C12H7Cl2N3. The number of hydrogen-bond donors (Lipinski definition) is 1. The summed E-state index contributed by atoms with van der Waals surface area (Å²) in [6.45, 7) is 0. The molecule has 1 aromatic carbocycles. The van der Waals surface area contributed by atoms with Gasteiger partial charge in [-0.1, -0.05) is 29.3 Å². The van der Waals surface area contributed by atoms with Crippen LogP contribution in [0.25, 0.3) is 22.0 Å². The molecule has 0 fully saturated rings. The van der Waals surface area contributed by atoms with Gasteiger partial charge in [0.2, 0.25) is 0 Å². The maximum atomic E-state index is 6.18. The van der Waals surface area contributed by atoms with Gasteiger partial charge in [0.25, 0.3) is 0 Å². The molecule has 3 aromatic rings. The van der Waals surface area contributed by atoms with Crippen molar-refractivity contribution in [3.8, 4) is 11.1 Å². The van der Waals surface area contributed by atoms with Crippen LogP contribution in [0.5, 0.6) is 0 Å². The van der Waals surface area contributed by atoms with E-state index in [1.807, 2.05) is 6.07 Å². The highest BCUT2D eigenvalue weighted by Gasteiger charge is 2.09. The maximum absolute atomic E-state index is 6.18. The molecular weight excluding hydrogens is 257 g/mol. The van der Waals surface area contributed by atoms with E-state index in [9.17, 15) is 0 Å². The molecule has 3 nitrogen and oxygen atoms in total. The largest absolute Gasteiger partial charge is 0.277 e. The molecule has 0 aliphatic carbocycles. The van der Waals surface area contributed by atoms with E-state index in [1.165, 1.54) is 0 Å². The number of benzene rings is 1. The molecule has 0 aliphatic rings. The van der Waals surface area contributed by atoms with Gasteiger partial charge in [-0.05, 0) is 12.1 Å². The predicted octanol–water partition coefficient (Wildman–Crippen LogP) is 3.93. The molecule has 2 aromatic heterocycles. The van der Waals surface area contributed by atoms with Gasteiger partial charge in [-0.15, -0.1) is 0 Å². The van der Waals surface area contributed by atoms with Gasteiger partial charge in [0.1, 0.15) is 0 Å². The molecule has 0 bridgehead atoms. The Balaban J connectivity index is 2.30. The summed E-state index contributed by atoms with van der Waals surface area (Å²) in [7, 11) is 0. The molecule has 2 heterocycles. The second kappa shape index (κ2) is 4.02. The maximum Gasteiger partial charge on any atom is 0.0760 e. The van der Waals surface area contributed by atoms with Crippen LogP contribution in [0.15, 0.2) is 36.8 Å². The highest BCUT2D eigenvalue weighted by atomic mass is 35.5. The van der Waals surface area contributed by atoms with Gasteiger partial charge in [0.15, 0.2) is 0 Å². The Labute approximate surface area is 107 Å². The second-order valence-electron chi connectivity index (χ2n) is 3.65. The minimum atomic E-state index is 0.599. The Kier molecular flexibility index (Phi) is 2.50. The molecule has 0 amide bonds. The molecule has 0 radical (unpaired) electrons. The first-order chi connectivity index (χ1) is 8.25. The third-order valence-electron chi connectivity index (χ3n) is 2.58. The highest BCUT2D eigenvalue weighted by Crippen LogP contribution is 2.33. The Bertz CT molecular complexity index is 691. The Morgan fingerprint density at radius 2 is 1.88 bits per heavy atom. The molecule has 1 N–H and O–H groups in total. The van der Waals surface area contributed by atoms with E-state index in [0.29, 0.717) is 10.0 Å². The zero-order chi connectivity index (χ0) is 11.8. The van der Waals surface area contributed by atoms with E-state index in [1.54, 1.807) is 30.7 Å². The van der Waals surface area contributed by atoms with E-state index >= 15 is 0 Å². The number of nitrogens with zero attached hydrogens (tertiary/aromatic N) is 2. The summed E-state index contributed by atoms with van der Waals surface area (Å²) in [6, 6.07) is 5.40. The number of halogens is 2. The van der Waals surface area contributed by atoms with Crippen LogP contribution in [0.1, 0.15) is 0 Å². The number of aromatic nitrogens is 3. The molecule has 0 unspecified atom stereocenters. The minimum absolute atomic E-state index is 0.599. The fraction of sp³-hybridized carbons (Fsp3) is 0. The van der Waals surface area contributed by atoms with Crippen molar-refractivity contribution < 1.29 is 0 Å². The lowest BCUT2D eigenvalue weighted by molar-refractivity contribution is 1.12. The van der Waals surface area contributed by atoms with Crippen molar-refractivity contribution in [3.63, 3.8) is 0 Å². The predicted molar refractivity (Wildman–Crippen MR) is 69.3 cm³/mol. The summed E-state index contributed by atoms with van der Waals surface area (Å²) in [4.78, 5) is 4.17. The van der Waals surface area contributed by atoms with E-state index in [-0.39, 0.29) is 0 Å². The first kappa shape index (κ1) is 10.6. The topological polar surface area (TPSA) is 41.6 Å². The quantitative estimate of drug-likeness (QED) is 0.723. The third-order valence-corrected chi connectivity index (χ3v) is 3.12. The van der Waals surface area contributed by atoms with Crippen molar-refractivity contribution in [1.29, 1.82) is 0 Å². The van der Waals surface area contributed by atoms with Crippen molar-refractivity contribution in [3.05, 3.63) is 46.8 Å². The van der Waals surface area contributed by atoms with Gasteiger partial charge in [0, 0.05) is 33.9 Å². The summed E-state index contributed by atoms with van der Waals surface area (Å²) >= 11 is 12.1. The van der Waals surface area contributed by atoms with E-state index < -0.39 is 0 Å². The van der Waals surface area contributed by atoms with Crippen LogP contribution in [-0.2, 0) is 0 Å². The van der Waals surface area contributed by atoms with Crippen LogP contribution >= 0.6 is 23.2 Å². The first-order valence-electron chi connectivity index (χ1n) is 4.98. The molecule has 84 valence electrons. The first-order valence-corrected chi connectivity index (χ1v) is 5.74. The fourth-order valence-electron chi connectivity index (χ4n) is 1.78. The van der Waals surface area contributed by atoms with Crippen LogP contribution in [0.2, 0.25) is 10.0 Å². The van der Waals surface area contributed by atoms with Crippen molar-refractivity contribution >= 4 is 34.1 Å². The molecule has 5 heteroatoms. The Morgan fingerprint density at radius 3 is 2.71 bits per heavy atom. The molecule has 0 saturated carbocycles. The summed E-state index contributed by atoms with van der Waals surface area (Å²) in [5.74, 6) is 0. The summed E-state index contributed by atoms with van der Waals surface area (Å²) in [5, 5.41) is 9.11. The van der Waals surface area contributed by atoms with Crippen LogP contribution in [0.3, 0.4) is 0 Å². The summed E-state index contributed by atoms with van der Waals surface area (Å²) in [5.41, 5.74) is 2.73. The number of hydrogen-bond acceptors (Lipinski definition) is 2. The second-order valence-corrected chi connectivity index (χ2v) is 4.49. The van der Waals surface area contributed by atoms with Gasteiger partial charge in [-0.3, -0.25) is 10.1 Å². The van der Waals surface area contributed by atoms with Gasteiger partial charge in [-0.2, -0.15) is 5.10 Å². The monoisotopic (exact) mass is 263 g/mol. The fourth-order valence-corrected chi connectivity index (χ4v) is 2.29. The van der Waals surface area contributed by atoms with Gasteiger partial charge >= 0.3 is 0 Å². The molecule has 0 aliphatic heterocycles. The lowest BCUT2D eigenvalue weighted by Crippen LogP contribution is -1.84. The van der Waals surface area contributed by atoms with Crippen LogP contribution < -0.4 is 0 Å². The zero-order valence-corrected chi connectivity index (χ0v) is 10.1. The molecule has 0 atom stereocenters. The van der Waals surface area contributed by atoms with Gasteiger partial charge in [-0.25, -0.2) is 0 Å². The van der Waals surface area contributed by atoms with E-state index in [4.69, 9.17) is 23.2 Å². The minimum Gasteiger partial charge on any atom is -0.277 e. The van der Waals surface area contributed by atoms with Crippen LogP contribution in [-0.4, -0.2) is 15.2 Å². The number of H-pyrrole nitrogens is 1. The standard InChI is InChI=1S/C12H7Cl2N3/c13-8-1-2-9(11(14)3-8)10-6-15-4-7-5-16-17-12(7)10/h1-6H,(H,16,17). The van der Waals surface area contributed by atoms with Gasteiger partial charge < -0.3 is 0 Å². The third kappa shape index (κ3) is 1.77. The number of aromatic amines is 1. The molecule has 17 heavy (non-hydrogen) atoms. The zero-order valence-electron chi connectivity index (χ0n) is 8.61. The average molecular weight is 264 g/mol. The highest BCUT2D eigenvalue weighted by molar-refractivity contribution is 6.36. The van der Waals surface area contributed by atoms with Crippen molar-refractivity contribution in [2.24, 2.45) is 0 Å². The van der Waals surface area contributed by atoms with E-state index in [2.05, 4.69) is 15.2 Å². The number of nitrogens with one attached hydrogen (secondary N) is 1. The molecule has 3 rings (SSSR count). The SMILES string of the molecule is Clc1ccc(-c2cncc3cn[nH]c23)c(Cl)c1. The lowest BCUT2D eigenvalue weighted by Gasteiger charge is -2.05. The Morgan fingerprint density at radius 1 is 1.00 bits per heavy atom. The summed E-state index contributed by atoms with van der Waals surface area (Å²) in [6.07, 6.45) is 5.25. The molecule has 0 spiro atoms. The number of pyridine rings is 1. The number of rotatable bonds is 1. The van der Waals surface area contributed by atoms with Crippen molar-refractivity contribution in [2.75, 3.05) is 0 Å². The van der Waals surface area contributed by atoms with E-state index in [0.717, 1.165) is 22.0 Å². The van der Waals surface area contributed by atoms with Crippen molar-refractivity contribution in [2.45, 2.75) is 0 Å². The normalized spacial score (nSPS) is 10.9. The van der Waals surface area contributed by atoms with Crippen LogP contribution in [0.4, 0.5) is 0 Å². The number of fused-ring (bicyclic) bond motifs is 1. The average Bonchev–Trinajstić information content (AvgIpc) is 2.77.